The van der Waals surface area contributed by atoms with Crippen LogP contribution in [0.3, 0.4) is 0 Å². The van der Waals surface area contributed by atoms with Crippen LogP contribution in [0.2, 0.25) is 0 Å². The Morgan fingerprint density at radius 2 is 1.91 bits per heavy atom. The molecule has 0 saturated carbocycles. The highest BCUT2D eigenvalue weighted by atomic mass is 32.1. The Labute approximate surface area is 188 Å². The Bertz CT molecular complexity index is 1380. The van der Waals surface area contributed by atoms with E-state index in [0.29, 0.717) is 16.8 Å². The van der Waals surface area contributed by atoms with Crippen LogP contribution < -0.4 is 10.1 Å². The molecule has 0 bridgehead atoms. The van der Waals surface area contributed by atoms with Crippen LogP contribution in [0, 0.1) is 0 Å². The molecular weight excluding hydrogens is 422 g/mol. The van der Waals surface area contributed by atoms with Gasteiger partial charge in [0.25, 0.3) is 5.91 Å². The third kappa shape index (κ3) is 3.51. The number of hydrogen-bond acceptors (Lipinski definition) is 5. The van der Waals surface area contributed by atoms with Crippen LogP contribution in [-0.4, -0.2) is 34.9 Å². The van der Waals surface area contributed by atoms with Gasteiger partial charge in [0.2, 0.25) is 0 Å². The number of nitrogens with one attached hydrogen (secondary N) is 2. The number of nitrogens with zero attached hydrogens (tertiary/aromatic N) is 1. The number of carbonyl (C=O) groups is 1. The summed E-state index contributed by atoms with van der Waals surface area (Å²) in [5.74, 6) is 0.126. The van der Waals surface area contributed by atoms with Gasteiger partial charge >= 0.3 is 0 Å². The Hall–Kier alpha value is -3.68. The van der Waals surface area contributed by atoms with Crippen molar-refractivity contribution in [2.24, 2.45) is 0 Å². The van der Waals surface area contributed by atoms with Gasteiger partial charge in [0.05, 0.1) is 46.8 Å². The lowest BCUT2D eigenvalue weighted by atomic mass is 10.0. The van der Waals surface area contributed by atoms with Gasteiger partial charge in [-0.05, 0) is 35.2 Å². The molecule has 5 rings (SSSR count). The van der Waals surface area contributed by atoms with Crippen molar-refractivity contribution < 1.29 is 14.6 Å². The number of benzene rings is 3. The SMILES string of the molecule is COc1c(C(=O)N[C@H](CO)c2ccccc2)ccc2n[nH]c(-c3cc4ccccc4s3)c12. The zero-order valence-electron chi connectivity index (χ0n) is 17.3. The topological polar surface area (TPSA) is 87.2 Å². The normalized spacial score (nSPS) is 12.2. The van der Waals surface area contributed by atoms with E-state index in [-0.39, 0.29) is 12.5 Å². The number of thiophene rings is 1. The molecule has 0 aliphatic rings. The Morgan fingerprint density at radius 1 is 1.12 bits per heavy atom. The molecule has 0 unspecified atom stereocenters. The maximum absolute atomic E-state index is 13.2. The number of aromatic nitrogens is 2. The summed E-state index contributed by atoms with van der Waals surface area (Å²) in [6.45, 7) is -0.209. The van der Waals surface area contributed by atoms with Crippen molar-refractivity contribution >= 4 is 38.2 Å². The number of hydrogen-bond donors (Lipinski definition) is 3. The van der Waals surface area contributed by atoms with Crippen molar-refractivity contribution in [1.29, 1.82) is 0 Å². The van der Waals surface area contributed by atoms with Crippen LogP contribution >= 0.6 is 11.3 Å². The summed E-state index contributed by atoms with van der Waals surface area (Å²) in [4.78, 5) is 14.2. The number of carbonyl (C=O) groups excluding carboxylic acids is 1. The molecule has 160 valence electrons. The van der Waals surface area contributed by atoms with Gasteiger partial charge in [-0.25, -0.2) is 0 Å². The van der Waals surface area contributed by atoms with Crippen LogP contribution in [0.1, 0.15) is 22.0 Å². The predicted molar refractivity (Wildman–Crippen MR) is 127 cm³/mol. The number of ether oxygens (including phenoxy) is 1. The van der Waals surface area contributed by atoms with Crippen LogP contribution in [0.4, 0.5) is 0 Å². The van der Waals surface area contributed by atoms with Gasteiger partial charge in [-0.15, -0.1) is 11.3 Å². The Kier molecular flexibility index (Phi) is 5.34. The molecule has 0 aliphatic carbocycles. The first-order chi connectivity index (χ1) is 15.7. The second-order valence-corrected chi connectivity index (χ2v) is 8.49. The molecule has 3 N–H and O–H groups in total. The molecule has 0 saturated heterocycles. The zero-order valence-corrected chi connectivity index (χ0v) is 18.1. The van der Waals surface area contributed by atoms with E-state index in [1.807, 2.05) is 42.5 Å². The van der Waals surface area contributed by atoms with Crippen LogP contribution in [0.25, 0.3) is 31.6 Å². The minimum Gasteiger partial charge on any atom is -0.495 e. The van der Waals surface area contributed by atoms with Gasteiger partial charge in [-0.2, -0.15) is 5.10 Å². The summed E-state index contributed by atoms with van der Waals surface area (Å²) in [7, 11) is 1.55. The standard InChI is InChI=1S/C25H21N3O3S/c1-31-24-17(25(30)26-19(14-29)15-7-3-2-4-8-15)11-12-18-22(24)23(28-27-18)21-13-16-9-5-6-10-20(16)32-21/h2-13,19,29H,14H2,1H3,(H,26,30)(H,27,28)/t19-/m1/s1. The molecule has 7 heteroatoms. The molecule has 0 aliphatic heterocycles. The van der Waals surface area contributed by atoms with Crippen LogP contribution in [0.5, 0.6) is 5.75 Å². The van der Waals surface area contributed by atoms with Crippen molar-refractivity contribution in [3.8, 4) is 16.3 Å². The molecule has 6 nitrogen and oxygen atoms in total. The predicted octanol–water partition coefficient (Wildman–Crippen LogP) is 4.92. The molecule has 0 radical (unpaired) electrons. The highest BCUT2D eigenvalue weighted by molar-refractivity contribution is 7.22. The van der Waals surface area contributed by atoms with Gasteiger partial charge in [-0.1, -0.05) is 48.5 Å². The Morgan fingerprint density at radius 3 is 2.66 bits per heavy atom. The highest BCUT2D eigenvalue weighted by Crippen LogP contribution is 2.40. The third-order valence-corrected chi connectivity index (χ3v) is 6.62. The molecule has 3 aromatic carbocycles. The number of rotatable bonds is 6. The first kappa shape index (κ1) is 20.2. The third-order valence-electron chi connectivity index (χ3n) is 5.48. The lowest BCUT2D eigenvalue weighted by Gasteiger charge is -2.18. The number of aliphatic hydroxyl groups is 1. The quantitative estimate of drug-likeness (QED) is 0.348. The smallest absolute Gasteiger partial charge is 0.255 e. The van der Waals surface area contributed by atoms with E-state index >= 15 is 0 Å². The van der Waals surface area contributed by atoms with E-state index < -0.39 is 6.04 Å². The average molecular weight is 444 g/mol. The minimum atomic E-state index is -0.518. The van der Waals surface area contributed by atoms with Gasteiger partial charge in [-0.3, -0.25) is 9.89 Å². The van der Waals surface area contributed by atoms with Crippen molar-refractivity contribution in [3.63, 3.8) is 0 Å². The number of amides is 1. The van der Waals surface area contributed by atoms with Crippen molar-refractivity contribution in [1.82, 2.24) is 15.5 Å². The number of aromatic amines is 1. The molecule has 32 heavy (non-hydrogen) atoms. The number of aliphatic hydroxyl groups excluding tert-OH is 1. The Balaban J connectivity index is 1.57. The molecule has 2 aromatic heterocycles. The number of fused-ring (bicyclic) bond motifs is 2. The highest BCUT2D eigenvalue weighted by Gasteiger charge is 2.23. The fraction of sp³-hybridized carbons (Fsp3) is 0.120. The lowest BCUT2D eigenvalue weighted by Crippen LogP contribution is -2.31. The molecule has 5 aromatic rings. The first-order valence-electron chi connectivity index (χ1n) is 10.2. The molecule has 2 heterocycles. The van der Waals surface area contributed by atoms with E-state index in [1.165, 1.54) is 4.70 Å². The van der Waals surface area contributed by atoms with E-state index in [0.717, 1.165) is 26.9 Å². The summed E-state index contributed by atoms with van der Waals surface area (Å²) >= 11 is 1.65. The molecule has 1 amide bonds. The van der Waals surface area contributed by atoms with Crippen LogP contribution in [-0.2, 0) is 0 Å². The summed E-state index contributed by atoms with van der Waals surface area (Å²) in [6.07, 6.45) is 0. The summed E-state index contributed by atoms with van der Waals surface area (Å²) in [5.41, 5.74) is 2.75. The molecule has 0 spiro atoms. The van der Waals surface area contributed by atoms with E-state index in [2.05, 4.69) is 33.7 Å². The minimum absolute atomic E-state index is 0.209. The average Bonchev–Trinajstić information content (AvgIpc) is 3.46. The summed E-state index contributed by atoms with van der Waals surface area (Å²) in [6, 6.07) is 22.7. The second-order valence-electron chi connectivity index (χ2n) is 7.41. The molecular formula is C25H21N3O3S. The lowest BCUT2D eigenvalue weighted by molar-refractivity contribution is 0.0913. The number of methoxy groups -OCH3 is 1. The maximum atomic E-state index is 13.2. The fourth-order valence-corrected chi connectivity index (χ4v) is 4.97. The maximum Gasteiger partial charge on any atom is 0.255 e. The van der Waals surface area contributed by atoms with E-state index in [9.17, 15) is 9.90 Å². The van der Waals surface area contributed by atoms with E-state index in [4.69, 9.17) is 4.74 Å². The summed E-state index contributed by atoms with van der Waals surface area (Å²) in [5, 5.41) is 22.2. The molecule has 0 fully saturated rings. The second kappa shape index (κ2) is 8.45. The van der Waals surface area contributed by atoms with Crippen molar-refractivity contribution in [2.45, 2.75) is 6.04 Å². The van der Waals surface area contributed by atoms with Gasteiger partial charge in [0.15, 0.2) is 0 Å². The van der Waals surface area contributed by atoms with E-state index in [1.54, 1.807) is 30.6 Å². The van der Waals surface area contributed by atoms with Crippen molar-refractivity contribution in [2.75, 3.05) is 13.7 Å². The largest absolute Gasteiger partial charge is 0.495 e. The zero-order chi connectivity index (χ0) is 22.1. The van der Waals surface area contributed by atoms with Crippen LogP contribution in [0.15, 0.2) is 72.8 Å². The van der Waals surface area contributed by atoms with Gasteiger partial charge in [0.1, 0.15) is 5.75 Å². The fourth-order valence-electron chi connectivity index (χ4n) is 3.91. The van der Waals surface area contributed by atoms with Gasteiger partial charge in [0, 0.05) is 4.70 Å². The monoisotopic (exact) mass is 443 g/mol. The number of H-pyrrole nitrogens is 1. The molecule has 1 atom stereocenters. The van der Waals surface area contributed by atoms with Crippen molar-refractivity contribution in [3.05, 3.63) is 83.9 Å². The summed E-state index contributed by atoms with van der Waals surface area (Å²) < 4.78 is 6.89. The van der Waals surface area contributed by atoms with Gasteiger partial charge < -0.3 is 15.2 Å². The first-order valence-corrected chi connectivity index (χ1v) is 11.0.